The van der Waals surface area contributed by atoms with Crippen molar-refractivity contribution in [1.82, 2.24) is 0 Å². The fourth-order valence-electron chi connectivity index (χ4n) is 1.73. The number of esters is 1. The number of fused-ring (bicyclic) bond motifs is 1. The lowest BCUT2D eigenvalue weighted by atomic mass is 10.1. The second kappa shape index (κ2) is 3.25. The Bertz CT molecular complexity index is 393. The molecule has 0 heterocycles. The van der Waals surface area contributed by atoms with Gasteiger partial charge in [0.15, 0.2) is 5.78 Å². The van der Waals surface area contributed by atoms with Crippen LogP contribution >= 0.6 is 0 Å². The van der Waals surface area contributed by atoms with E-state index in [9.17, 15) is 9.59 Å². The van der Waals surface area contributed by atoms with E-state index in [1.807, 2.05) is 18.2 Å². The van der Waals surface area contributed by atoms with E-state index in [0.717, 1.165) is 5.56 Å². The van der Waals surface area contributed by atoms with Crippen LogP contribution in [0.1, 0.15) is 35.4 Å². The van der Waals surface area contributed by atoms with Gasteiger partial charge in [-0.2, -0.15) is 0 Å². The van der Waals surface area contributed by atoms with Gasteiger partial charge in [-0.25, -0.2) is 0 Å². The average molecular weight is 190 g/mol. The Morgan fingerprint density at radius 1 is 1.43 bits per heavy atom. The first kappa shape index (κ1) is 8.94. The summed E-state index contributed by atoms with van der Waals surface area (Å²) >= 11 is 0. The molecule has 0 bridgehead atoms. The molecule has 14 heavy (non-hydrogen) atoms. The Labute approximate surface area is 81.7 Å². The van der Waals surface area contributed by atoms with Crippen LogP contribution in [0.5, 0.6) is 0 Å². The second-order valence-electron chi connectivity index (χ2n) is 3.31. The van der Waals surface area contributed by atoms with Crippen molar-refractivity contribution in [3.8, 4) is 0 Å². The van der Waals surface area contributed by atoms with Crippen molar-refractivity contribution in [2.24, 2.45) is 0 Å². The molecule has 72 valence electrons. The number of hydrogen-bond acceptors (Lipinski definition) is 3. The van der Waals surface area contributed by atoms with E-state index in [2.05, 4.69) is 0 Å². The summed E-state index contributed by atoms with van der Waals surface area (Å²) in [6.07, 6.45) is -0.102. The minimum Gasteiger partial charge on any atom is -0.457 e. The zero-order valence-electron chi connectivity index (χ0n) is 7.82. The topological polar surface area (TPSA) is 43.4 Å². The third kappa shape index (κ3) is 1.41. The maximum atomic E-state index is 11.5. The Morgan fingerprint density at radius 2 is 2.14 bits per heavy atom. The quantitative estimate of drug-likeness (QED) is 0.635. The maximum Gasteiger partial charge on any atom is 0.303 e. The zero-order valence-corrected chi connectivity index (χ0v) is 7.82. The van der Waals surface area contributed by atoms with Crippen molar-refractivity contribution >= 4 is 11.8 Å². The maximum absolute atomic E-state index is 11.5. The van der Waals surface area contributed by atoms with E-state index < -0.39 is 0 Å². The van der Waals surface area contributed by atoms with Gasteiger partial charge in [0.25, 0.3) is 0 Å². The van der Waals surface area contributed by atoms with Crippen LogP contribution in [0, 0.1) is 0 Å². The molecule has 1 aliphatic rings. The minimum absolute atomic E-state index is 0.0480. The van der Waals surface area contributed by atoms with Crippen molar-refractivity contribution in [2.45, 2.75) is 19.4 Å². The smallest absolute Gasteiger partial charge is 0.303 e. The monoisotopic (exact) mass is 190 g/mol. The molecule has 0 aromatic heterocycles. The highest BCUT2D eigenvalue weighted by Gasteiger charge is 2.30. The molecule has 1 aromatic rings. The predicted molar refractivity (Wildman–Crippen MR) is 49.9 cm³/mol. The lowest BCUT2D eigenvalue weighted by Crippen LogP contribution is -2.05. The van der Waals surface area contributed by atoms with Crippen LogP contribution in [0.25, 0.3) is 0 Å². The molecule has 0 radical (unpaired) electrons. The number of rotatable bonds is 1. The molecule has 0 saturated carbocycles. The van der Waals surface area contributed by atoms with Gasteiger partial charge in [0.1, 0.15) is 6.10 Å². The number of hydrogen-bond donors (Lipinski definition) is 0. The standard InChI is InChI=1S/C11H10O3/c1-7(12)14-11-6-10(13)8-4-2-3-5-9(8)11/h2-5,11H,6H2,1H3. The minimum atomic E-state index is -0.379. The molecule has 3 nitrogen and oxygen atoms in total. The lowest BCUT2D eigenvalue weighted by molar-refractivity contribution is -0.146. The molecule has 0 fully saturated rings. The summed E-state index contributed by atoms with van der Waals surface area (Å²) in [5.41, 5.74) is 1.51. The van der Waals surface area contributed by atoms with Gasteiger partial charge in [0.2, 0.25) is 0 Å². The number of carbonyl (C=O) groups excluding carboxylic acids is 2. The first-order chi connectivity index (χ1) is 6.68. The van der Waals surface area contributed by atoms with Crippen molar-refractivity contribution < 1.29 is 14.3 Å². The number of Topliss-reactive ketones (excluding diaryl/α,β-unsaturated/α-hetero) is 1. The summed E-state index contributed by atoms with van der Waals surface area (Å²) < 4.78 is 5.05. The second-order valence-corrected chi connectivity index (χ2v) is 3.31. The van der Waals surface area contributed by atoms with Crippen LogP contribution in [0.4, 0.5) is 0 Å². The van der Waals surface area contributed by atoms with E-state index in [1.165, 1.54) is 6.92 Å². The molecule has 1 aromatic carbocycles. The van der Waals surface area contributed by atoms with E-state index in [-0.39, 0.29) is 24.3 Å². The third-order valence-electron chi connectivity index (χ3n) is 2.29. The summed E-state index contributed by atoms with van der Waals surface area (Å²) in [6, 6.07) is 7.25. The van der Waals surface area contributed by atoms with Crippen molar-refractivity contribution in [3.05, 3.63) is 35.4 Å². The first-order valence-electron chi connectivity index (χ1n) is 4.48. The highest BCUT2D eigenvalue weighted by Crippen LogP contribution is 2.33. The average Bonchev–Trinajstić information content (AvgIpc) is 2.44. The van der Waals surface area contributed by atoms with Gasteiger partial charge in [-0.3, -0.25) is 9.59 Å². The van der Waals surface area contributed by atoms with E-state index in [0.29, 0.717) is 5.56 Å². The number of ether oxygens (including phenoxy) is 1. The number of carbonyl (C=O) groups is 2. The van der Waals surface area contributed by atoms with Gasteiger partial charge in [-0.05, 0) is 0 Å². The molecule has 2 rings (SSSR count). The molecular weight excluding hydrogens is 180 g/mol. The molecule has 0 N–H and O–H groups in total. The summed E-state index contributed by atoms with van der Waals surface area (Å²) in [5.74, 6) is -0.300. The van der Waals surface area contributed by atoms with Crippen LogP contribution in [-0.4, -0.2) is 11.8 Å². The first-order valence-corrected chi connectivity index (χ1v) is 4.48. The van der Waals surface area contributed by atoms with Gasteiger partial charge in [0.05, 0.1) is 6.42 Å². The van der Waals surface area contributed by atoms with Crippen LogP contribution in [0.3, 0.4) is 0 Å². The number of benzene rings is 1. The van der Waals surface area contributed by atoms with Gasteiger partial charge in [0, 0.05) is 18.1 Å². The molecule has 1 atom stereocenters. The van der Waals surface area contributed by atoms with E-state index in [4.69, 9.17) is 4.74 Å². The molecule has 0 amide bonds. The molecule has 3 heteroatoms. The molecule has 1 aliphatic carbocycles. The Hall–Kier alpha value is -1.64. The fraction of sp³-hybridized carbons (Fsp3) is 0.273. The summed E-state index contributed by atoms with van der Waals surface area (Å²) in [6.45, 7) is 1.35. The molecule has 1 unspecified atom stereocenters. The zero-order chi connectivity index (χ0) is 10.1. The Balaban J connectivity index is 2.34. The fourth-order valence-corrected chi connectivity index (χ4v) is 1.73. The summed E-state index contributed by atoms with van der Waals surface area (Å²) in [4.78, 5) is 22.2. The van der Waals surface area contributed by atoms with Crippen molar-refractivity contribution in [3.63, 3.8) is 0 Å². The SMILES string of the molecule is CC(=O)OC1CC(=O)c2ccccc21. The molecule has 0 aliphatic heterocycles. The van der Waals surface area contributed by atoms with Gasteiger partial charge < -0.3 is 4.74 Å². The summed E-state index contributed by atoms with van der Waals surface area (Å²) in [7, 11) is 0. The van der Waals surface area contributed by atoms with Crippen LogP contribution < -0.4 is 0 Å². The summed E-state index contributed by atoms with van der Waals surface area (Å²) in [5, 5.41) is 0. The molecule has 0 spiro atoms. The number of ketones is 1. The van der Waals surface area contributed by atoms with Crippen LogP contribution in [-0.2, 0) is 9.53 Å². The predicted octanol–water partition coefficient (Wildman–Crippen LogP) is 1.88. The van der Waals surface area contributed by atoms with Crippen LogP contribution in [0.15, 0.2) is 24.3 Å². The van der Waals surface area contributed by atoms with Crippen LogP contribution in [0.2, 0.25) is 0 Å². The van der Waals surface area contributed by atoms with Gasteiger partial charge in [-0.15, -0.1) is 0 Å². The van der Waals surface area contributed by atoms with E-state index >= 15 is 0 Å². The van der Waals surface area contributed by atoms with Gasteiger partial charge in [-0.1, -0.05) is 24.3 Å². The van der Waals surface area contributed by atoms with E-state index in [1.54, 1.807) is 6.07 Å². The Morgan fingerprint density at radius 3 is 2.86 bits per heavy atom. The molecular formula is C11H10O3. The third-order valence-corrected chi connectivity index (χ3v) is 2.29. The lowest BCUT2D eigenvalue weighted by Gasteiger charge is -2.09. The Kier molecular flexibility index (Phi) is 2.08. The molecule has 0 saturated heterocycles. The highest BCUT2D eigenvalue weighted by atomic mass is 16.5. The van der Waals surface area contributed by atoms with Crippen molar-refractivity contribution in [2.75, 3.05) is 0 Å². The normalized spacial score (nSPS) is 19.2. The highest BCUT2D eigenvalue weighted by molar-refractivity contribution is 6.01. The van der Waals surface area contributed by atoms with Crippen molar-refractivity contribution in [1.29, 1.82) is 0 Å². The largest absolute Gasteiger partial charge is 0.457 e. The van der Waals surface area contributed by atoms with Gasteiger partial charge >= 0.3 is 5.97 Å².